The second kappa shape index (κ2) is 6.82. The van der Waals surface area contributed by atoms with E-state index >= 15 is 0 Å². The number of rotatable bonds is 7. The van der Waals surface area contributed by atoms with Crippen LogP contribution in [0.15, 0.2) is 6.20 Å². The van der Waals surface area contributed by atoms with Crippen LogP contribution in [0, 0.1) is 0 Å². The summed E-state index contributed by atoms with van der Waals surface area (Å²) in [6.07, 6.45) is 7.58. The number of hydrogen-bond acceptors (Lipinski definition) is 5. The second-order valence-electron chi connectivity index (χ2n) is 4.81. The van der Waals surface area contributed by atoms with Crippen LogP contribution in [0.25, 0.3) is 0 Å². The van der Waals surface area contributed by atoms with E-state index in [0.29, 0.717) is 6.10 Å². The van der Waals surface area contributed by atoms with Crippen LogP contribution in [-0.4, -0.2) is 27.7 Å². The maximum Gasteiger partial charge on any atom is 0.0770 e. The largest absolute Gasteiger partial charge is 0.378 e. The van der Waals surface area contributed by atoms with Crippen LogP contribution in [0.5, 0.6) is 0 Å². The van der Waals surface area contributed by atoms with Gasteiger partial charge in [0.2, 0.25) is 0 Å². The van der Waals surface area contributed by atoms with Crippen molar-refractivity contribution in [3.63, 3.8) is 0 Å². The number of hydrazine groups is 1. The molecule has 0 amide bonds. The third kappa shape index (κ3) is 3.28. The third-order valence-corrected chi connectivity index (χ3v) is 3.44. The van der Waals surface area contributed by atoms with E-state index in [-0.39, 0.29) is 6.04 Å². The van der Waals surface area contributed by atoms with Crippen molar-refractivity contribution >= 4 is 0 Å². The zero-order chi connectivity index (χ0) is 12.8. The van der Waals surface area contributed by atoms with Gasteiger partial charge in [-0.3, -0.25) is 11.3 Å². The lowest BCUT2D eigenvalue weighted by atomic mass is 10.0. The van der Waals surface area contributed by atoms with E-state index in [2.05, 4.69) is 22.7 Å². The Morgan fingerprint density at radius 2 is 2.56 bits per heavy atom. The van der Waals surface area contributed by atoms with Gasteiger partial charge in [0.25, 0.3) is 0 Å². The summed E-state index contributed by atoms with van der Waals surface area (Å²) >= 11 is 0. The highest BCUT2D eigenvalue weighted by Gasteiger charge is 2.20. The second-order valence-corrected chi connectivity index (χ2v) is 4.81. The topological polar surface area (TPSA) is 78.0 Å². The van der Waals surface area contributed by atoms with Crippen molar-refractivity contribution in [2.24, 2.45) is 5.84 Å². The number of ether oxygens (including phenoxy) is 1. The Kier molecular flexibility index (Phi) is 5.10. The number of aryl methyl sites for hydroxylation is 1. The van der Waals surface area contributed by atoms with Gasteiger partial charge in [-0.1, -0.05) is 12.1 Å². The molecule has 1 aromatic heterocycles. The summed E-state index contributed by atoms with van der Waals surface area (Å²) in [5.41, 5.74) is 3.94. The van der Waals surface area contributed by atoms with Crippen LogP contribution in [-0.2, 0) is 11.3 Å². The van der Waals surface area contributed by atoms with Gasteiger partial charge in [-0.05, 0) is 32.1 Å². The van der Waals surface area contributed by atoms with Crippen molar-refractivity contribution < 1.29 is 4.74 Å². The summed E-state index contributed by atoms with van der Waals surface area (Å²) in [4.78, 5) is 0. The van der Waals surface area contributed by atoms with Crippen molar-refractivity contribution in [3.8, 4) is 0 Å². The van der Waals surface area contributed by atoms with E-state index in [9.17, 15) is 0 Å². The average molecular weight is 253 g/mol. The molecule has 1 aliphatic heterocycles. The zero-order valence-electron chi connectivity index (χ0n) is 11.0. The van der Waals surface area contributed by atoms with Crippen LogP contribution < -0.4 is 11.3 Å². The lowest BCUT2D eigenvalue weighted by molar-refractivity contribution is 0.0993. The van der Waals surface area contributed by atoms with Crippen molar-refractivity contribution in [3.05, 3.63) is 11.9 Å². The molecule has 6 nitrogen and oxygen atoms in total. The molecule has 1 saturated heterocycles. The van der Waals surface area contributed by atoms with Gasteiger partial charge in [-0.25, -0.2) is 4.68 Å². The van der Waals surface area contributed by atoms with Crippen molar-refractivity contribution in [1.82, 2.24) is 20.4 Å². The van der Waals surface area contributed by atoms with Crippen molar-refractivity contribution in [2.45, 2.75) is 57.7 Å². The molecule has 2 atom stereocenters. The Morgan fingerprint density at radius 3 is 3.22 bits per heavy atom. The van der Waals surface area contributed by atoms with Crippen LogP contribution in [0.1, 0.15) is 50.8 Å². The summed E-state index contributed by atoms with van der Waals surface area (Å²) < 4.78 is 7.57. The number of hydrogen-bond donors (Lipinski definition) is 2. The fourth-order valence-electron chi connectivity index (χ4n) is 2.46. The highest BCUT2D eigenvalue weighted by Crippen LogP contribution is 2.23. The van der Waals surface area contributed by atoms with E-state index in [4.69, 9.17) is 10.6 Å². The van der Waals surface area contributed by atoms with Gasteiger partial charge < -0.3 is 4.74 Å². The van der Waals surface area contributed by atoms with E-state index in [1.807, 2.05) is 4.68 Å². The van der Waals surface area contributed by atoms with Crippen LogP contribution >= 0.6 is 0 Å². The SMILES string of the molecule is CCCn1nncc1C(CCC1CCCO1)NN. The Hall–Kier alpha value is -0.980. The summed E-state index contributed by atoms with van der Waals surface area (Å²) in [5.74, 6) is 5.65. The minimum atomic E-state index is 0.107. The highest BCUT2D eigenvalue weighted by atomic mass is 16.5. The van der Waals surface area contributed by atoms with Gasteiger partial charge in [0.1, 0.15) is 0 Å². The summed E-state index contributed by atoms with van der Waals surface area (Å²) in [6.45, 7) is 3.91. The molecular weight excluding hydrogens is 230 g/mol. The van der Waals surface area contributed by atoms with Crippen LogP contribution in [0.3, 0.4) is 0 Å². The van der Waals surface area contributed by atoms with Crippen LogP contribution in [0.4, 0.5) is 0 Å². The van der Waals surface area contributed by atoms with Crippen molar-refractivity contribution in [2.75, 3.05) is 6.61 Å². The van der Waals surface area contributed by atoms with Gasteiger partial charge >= 0.3 is 0 Å². The highest BCUT2D eigenvalue weighted by molar-refractivity contribution is 5.01. The smallest absolute Gasteiger partial charge is 0.0770 e. The minimum Gasteiger partial charge on any atom is -0.378 e. The zero-order valence-corrected chi connectivity index (χ0v) is 11.0. The molecule has 6 heteroatoms. The first-order valence-corrected chi connectivity index (χ1v) is 6.81. The number of nitrogens with one attached hydrogen (secondary N) is 1. The first-order valence-electron chi connectivity index (χ1n) is 6.81. The molecule has 3 N–H and O–H groups in total. The molecule has 0 aromatic carbocycles. The summed E-state index contributed by atoms with van der Waals surface area (Å²) in [6, 6.07) is 0.107. The number of nitrogens with zero attached hydrogens (tertiary/aromatic N) is 3. The van der Waals surface area contributed by atoms with Gasteiger partial charge in [0.05, 0.1) is 24.0 Å². The maximum absolute atomic E-state index is 5.65. The molecule has 2 rings (SSSR count). The fraction of sp³-hybridized carbons (Fsp3) is 0.833. The maximum atomic E-state index is 5.65. The predicted molar refractivity (Wildman–Crippen MR) is 68.6 cm³/mol. The summed E-state index contributed by atoms with van der Waals surface area (Å²) in [7, 11) is 0. The standard InChI is InChI=1S/C12H23N5O/c1-2-7-17-12(9-14-16-17)11(15-13)6-5-10-4-3-8-18-10/h9-11,15H,2-8,13H2,1H3. The van der Waals surface area contributed by atoms with Crippen molar-refractivity contribution in [1.29, 1.82) is 0 Å². The third-order valence-electron chi connectivity index (χ3n) is 3.44. The van der Waals surface area contributed by atoms with Gasteiger partial charge in [-0.2, -0.15) is 0 Å². The van der Waals surface area contributed by atoms with E-state index in [1.54, 1.807) is 6.20 Å². The Bertz CT molecular complexity index is 348. The van der Waals surface area contributed by atoms with Gasteiger partial charge in [0.15, 0.2) is 0 Å². The molecule has 18 heavy (non-hydrogen) atoms. The quantitative estimate of drug-likeness (QED) is 0.563. The molecule has 0 bridgehead atoms. The molecule has 1 aliphatic rings. The fourth-order valence-corrected chi connectivity index (χ4v) is 2.46. The normalized spacial score (nSPS) is 21.3. The molecule has 0 saturated carbocycles. The average Bonchev–Trinajstić information content (AvgIpc) is 3.02. The molecule has 1 aromatic rings. The minimum absolute atomic E-state index is 0.107. The monoisotopic (exact) mass is 253 g/mol. The first-order chi connectivity index (χ1) is 8.85. The lowest BCUT2D eigenvalue weighted by Gasteiger charge is -2.18. The Balaban J connectivity index is 1.91. The lowest BCUT2D eigenvalue weighted by Crippen LogP contribution is -2.30. The molecule has 2 unspecified atom stereocenters. The van der Waals surface area contributed by atoms with E-state index in [1.165, 1.54) is 12.8 Å². The van der Waals surface area contributed by atoms with Gasteiger partial charge in [-0.15, -0.1) is 5.10 Å². The molecular formula is C12H23N5O. The number of aromatic nitrogens is 3. The Morgan fingerprint density at radius 1 is 1.67 bits per heavy atom. The molecule has 102 valence electrons. The molecule has 2 heterocycles. The summed E-state index contributed by atoms with van der Waals surface area (Å²) in [5, 5.41) is 8.07. The predicted octanol–water partition coefficient (Wildman–Crippen LogP) is 1.15. The van der Waals surface area contributed by atoms with E-state index in [0.717, 1.165) is 38.1 Å². The molecule has 1 fully saturated rings. The first kappa shape index (κ1) is 13.5. The van der Waals surface area contributed by atoms with E-state index < -0.39 is 0 Å². The number of nitrogens with two attached hydrogens (primary N) is 1. The molecule has 0 radical (unpaired) electrons. The molecule has 0 aliphatic carbocycles. The Labute approximate surface area is 108 Å². The van der Waals surface area contributed by atoms with Crippen LogP contribution in [0.2, 0.25) is 0 Å². The molecule has 0 spiro atoms. The van der Waals surface area contributed by atoms with Gasteiger partial charge in [0, 0.05) is 13.2 Å².